The zero-order valence-electron chi connectivity index (χ0n) is 16.8. The Bertz CT molecular complexity index is 1070. The Morgan fingerprint density at radius 1 is 1.22 bits per heavy atom. The average molecular weight is 482 g/mol. The fraction of sp³-hybridized carbons (Fsp3) is 0.333. The van der Waals surface area contributed by atoms with Gasteiger partial charge in [-0.15, -0.1) is 11.3 Å². The highest BCUT2D eigenvalue weighted by Crippen LogP contribution is 2.33. The van der Waals surface area contributed by atoms with Crippen LogP contribution in [0.3, 0.4) is 0 Å². The molecule has 1 N–H and O–H groups in total. The number of alkyl halides is 2. The number of hydrogen-bond acceptors (Lipinski definition) is 6. The molecule has 4 rings (SSSR count). The van der Waals surface area contributed by atoms with Gasteiger partial charge >= 0.3 is 0 Å². The maximum Gasteiger partial charge on any atom is 0.252 e. The molecule has 0 spiro atoms. The summed E-state index contributed by atoms with van der Waals surface area (Å²) in [4.78, 5) is 27.7. The number of halogens is 4. The Morgan fingerprint density at radius 2 is 1.94 bits per heavy atom. The topological polar surface area (TPSA) is 71.0 Å². The highest BCUT2D eigenvalue weighted by molar-refractivity contribution is 7.09. The van der Waals surface area contributed by atoms with Crippen LogP contribution in [0.5, 0.6) is 0 Å². The molecule has 1 unspecified atom stereocenters. The minimum atomic E-state index is -2.66. The van der Waals surface area contributed by atoms with Crippen LogP contribution in [0.4, 0.5) is 13.2 Å². The van der Waals surface area contributed by atoms with E-state index in [9.17, 15) is 18.0 Å². The predicted molar refractivity (Wildman–Crippen MR) is 115 cm³/mol. The normalized spacial score (nSPS) is 17.1. The van der Waals surface area contributed by atoms with E-state index in [-0.39, 0.29) is 54.9 Å². The number of rotatable bonds is 6. The van der Waals surface area contributed by atoms with E-state index in [1.54, 1.807) is 23.8 Å². The number of nitrogens with one attached hydrogen (secondary N) is 1. The van der Waals surface area contributed by atoms with E-state index in [4.69, 9.17) is 11.6 Å². The van der Waals surface area contributed by atoms with E-state index in [1.165, 1.54) is 17.4 Å². The van der Waals surface area contributed by atoms with E-state index in [1.807, 2.05) is 4.90 Å². The molecule has 2 aromatic heterocycles. The number of carbonyl (C=O) groups is 1. The van der Waals surface area contributed by atoms with Gasteiger partial charge in [-0.3, -0.25) is 14.7 Å². The Kier molecular flexibility index (Phi) is 6.73. The molecule has 11 heteroatoms. The molecule has 0 radical (unpaired) electrons. The molecule has 0 aliphatic carbocycles. The third kappa shape index (κ3) is 5.25. The van der Waals surface area contributed by atoms with Crippen molar-refractivity contribution in [2.75, 3.05) is 19.6 Å². The number of aromatic nitrogens is 3. The molecule has 0 saturated carbocycles. The van der Waals surface area contributed by atoms with Crippen molar-refractivity contribution < 1.29 is 18.0 Å². The summed E-state index contributed by atoms with van der Waals surface area (Å²) in [5, 5.41) is 3.10. The summed E-state index contributed by atoms with van der Waals surface area (Å²) in [6.45, 7) is 0.660. The summed E-state index contributed by atoms with van der Waals surface area (Å²) in [7, 11) is 0. The number of likely N-dealkylation sites (tertiary alicyclic amines) is 1. The van der Waals surface area contributed by atoms with Gasteiger partial charge in [0.2, 0.25) is 0 Å². The zero-order chi connectivity index (χ0) is 22.7. The number of carbonyl (C=O) groups excluding carboxylic acids is 1. The van der Waals surface area contributed by atoms with E-state index >= 15 is 0 Å². The number of amides is 1. The van der Waals surface area contributed by atoms with Crippen molar-refractivity contribution in [3.63, 3.8) is 0 Å². The van der Waals surface area contributed by atoms with Crippen LogP contribution in [0.2, 0.25) is 5.02 Å². The van der Waals surface area contributed by atoms with E-state index < -0.39 is 17.6 Å². The number of thiazole rings is 1. The maximum absolute atomic E-state index is 13.6. The lowest BCUT2D eigenvalue weighted by Gasteiger charge is -2.37. The number of piperidine rings is 1. The molecule has 6 nitrogen and oxygen atoms in total. The number of benzene rings is 1. The first kappa shape index (κ1) is 22.6. The highest BCUT2D eigenvalue weighted by Gasteiger charge is 2.37. The monoisotopic (exact) mass is 481 g/mol. The molecule has 1 aliphatic rings. The van der Waals surface area contributed by atoms with E-state index in [0.717, 1.165) is 17.3 Å². The molecule has 168 valence electrons. The Hall–Kier alpha value is -2.56. The first-order valence-corrected chi connectivity index (χ1v) is 11.1. The van der Waals surface area contributed by atoms with E-state index in [0.29, 0.717) is 5.56 Å². The molecule has 32 heavy (non-hydrogen) atoms. The molecule has 1 atom stereocenters. The summed E-state index contributed by atoms with van der Waals surface area (Å²) in [6, 6.07) is 4.45. The van der Waals surface area contributed by atoms with Crippen molar-refractivity contribution >= 4 is 28.8 Å². The predicted octanol–water partition coefficient (Wildman–Crippen LogP) is 4.59. The van der Waals surface area contributed by atoms with Crippen molar-refractivity contribution in [2.24, 2.45) is 0 Å². The third-order valence-electron chi connectivity index (χ3n) is 5.30. The molecule has 1 saturated heterocycles. The summed E-state index contributed by atoms with van der Waals surface area (Å²) >= 11 is 7.65. The van der Waals surface area contributed by atoms with Crippen LogP contribution in [0.1, 0.15) is 34.1 Å². The van der Waals surface area contributed by atoms with Crippen LogP contribution >= 0.6 is 22.9 Å². The molecular formula is C21H19ClF3N5OS. The van der Waals surface area contributed by atoms with Gasteiger partial charge in [0.05, 0.1) is 34.5 Å². The second kappa shape index (κ2) is 9.51. The third-order valence-corrected chi connectivity index (χ3v) is 6.50. The second-order valence-electron chi connectivity index (χ2n) is 7.44. The van der Waals surface area contributed by atoms with Gasteiger partial charge < -0.3 is 5.32 Å². The van der Waals surface area contributed by atoms with Crippen molar-refractivity contribution in [3.05, 3.63) is 63.6 Å². The molecule has 1 aromatic carbocycles. The molecule has 1 aliphatic heterocycles. The van der Waals surface area contributed by atoms with Crippen LogP contribution in [0.25, 0.3) is 11.4 Å². The van der Waals surface area contributed by atoms with Crippen molar-refractivity contribution in [2.45, 2.75) is 24.8 Å². The minimum Gasteiger partial charge on any atom is -0.350 e. The first-order valence-electron chi connectivity index (χ1n) is 9.88. The van der Waals surface area contributed by atoms with Crippen LogP contribution < -0.4 is 5.32 Å². The van der Waals surface area contributed by atoms with Gasteiger partial charge in [-0.2, -0.15) is 0 Å². The quantitative estimate of drug-likeness (QED) is 0.557. The summed E-state index contributed by atoms with van der Waals surface area (Å²) < 4.78 is 40.3. The fourth-order valence-electron chi connectivity index (χ4n) is 3.55. The van der Waals surface area contributed by atoms with Crippen molar-refractivity contribution in [1.29, 1.82) is 0 Å². The molecule has 0 bridgehead atoms. The highest BCUT2D eigenvalue weighted by atomic mass is 35.5. The van der Waals surface area contributed by atoms with Crippen LogP contribution in [-0.2, 0) is 0 Å². The first-order chi connectivity index (χ1) is 15.3. The Morgan fingerprint density at radius 3 is 2.59 bits per heavy atom. The molecule has 1 fully saturated rings. The van der Waals surface area contributed by atoms with Crippen molar-refractivity contribution in [1.82, 2.24) is 25.2 Å². The molecule has 1 amide bonds. The summed E-state index contributed by atoms with van der Waals surface area (Å²) in [5.41, 5.74) is 2.40. The molecular weight excluding hydrogens is 463 g/mol. The minimum absolute atomic E-state index is 0.209. The van der Waals surface area contributed by atoms with Gasteiger partial charge in [-0.25, -0.2) is 23.1 Å². The standard InChI is InChI=1S/C21H19ClF3N5OS/c22-16-2-1-13(19-27-8-14(23)9-28-19)7-15(16)20(31)29-10-17(18-11-26-12-32-18)30-5-3-21(24,25)4-6-30/h1-2,7-9,11-12,17H,3-6,10H2,(H,29,31). The number of nitrogens with zero attached hydrogens (tertiary/aromatic N) is 4. The summed E-state index contributed by atoms with van der Waals surface area (Å²) in [5.74, 6) is -3.39. The average Bonchev–Trinajstić information content (AvgIpc) is 3.30. The lowest BCUT2D eigenvalue weighted by molar-refractivity contribution is -0.0629. The van der Waals surface area contributed by atoms with Crippen molar-refractivity contribution in [3.8, 4) is 11.4 Å². The van der Waals surface area contributed by atoms with Crippen LogP contribution in [0.15, 0.2) is 42.3 Å². The maximum atomic E-state index is 13.6. The second-order valence-corrected chi connectivity index (χ2v) is 8.77. The van der Waals surface area contributed by atoms with E-state index in [2.05, 4.69) is 20.3 Å². The molecule has 3 heterocycles. The fourth-order valence-corrected chi connectivity index (χ4v) is 4.50. The largest absolute Gasteiger partial charge is 0.350 e. The van der Waals surface area contributed by atoms with Crippen LogP contribution in [0, 0.1) is 5.82 Å². The smallest absolute Gasteiger partial charge is 0.252 e. The lowest BCUT2D eigenvalue weighted by Crippen LogP contribution is -2.44. The van der Waals surface area contributed by atoms with Gasteiger partial charge in [0, 0.05) is 49.1 Å². The van der Waals surface area contributed by atoms with Gasteiger partial charge in [-0.1, -0.05) is 11.6 Å². The lowest BCUT2D eigenvalue weighted by atomic mass is 10.0. The Labute approximate surface area is 191 Å². The molecule has 3 aromatic rings. The van der Waals surface area contributed by atoms with Gasteiger partial charge in [-0.05, 0) is 18.2 Å². The van der Waals surface area contributed by atoms with Gasteiger partial charge in [0.1, 0.15) is 0 Å². The van der Waals surface area contributed by atoms with Gasteiger partial charge in [0.25, 0.3) is 11.8 Å². The summed E-state index contributed by atoms with van der Waals surface area (Å²) in [6.07, 6.45) is 3.33. The van der Waals surface area contributed by atoms with Crippen LogP contribution in [-0.4, -0.2) is 51.3 Å². The zero-order valence-corrected chi connectivity index (χ0v) is 18.3. The number of hydrogen-bond donors (Lipinski definition) is 1. The Balaban J connectivity index is 1.50. The SMILES string of the molecule is O=C(NCC(c1cncs1)N1CCC(F)(F)CC1)c1cc(-c2ncc(F)cn2)ccc1Cl. The van der Waals surface area contributed by atoms with Gasteiger partial charge in [0.15, 0.2) is 11.6 Å².